The monoisotopic (exact) mass is 447 g/mol. The first-order valence-corrected chi connectivity index (χ1v) is 9.45. The van der Waals surface area contributed by atoms with Crippen LogP contribution in [0.25, 0.3) is 0 Å². The van der Waals surface area contributed by atoms with Crippen LogP contribution in [0.15, 0.2) is 54.7 Å². The molecule has 2 aromatic heterocycles. The summed E-state index contributed by atoms with van der Waals surface area (Å²) in [4.78, 5) is 24.7. The molecule has 0 unspecified atom stereocenters. The van der Waals surface area contributed by atoms with E-state index in [0.717, 1.165) is 12.1 Å². The summed E-state index contributed by atoms with van der Waals surface area (Å²) in [6.07, 6.45) is -3.10. The van der Waals surface area contributed by atoms with Gasteiger partial charge in [-0.3, -0.25) is 0 Å². The minimum atomic E-state index is -4.77. The maximum absolute atomic E-state index is 12.2. The number of aryl methyl sites for hydroxylation is 1. The molecule has 4 N–H and O–H groups in total. The number of aromatic nitrogens is 3. The third-order valence-corrected chi connectivity index (χ3v) is 3.82. The summed E-state index contributed by atoms with van der Waals surface area (Å²) < 4.78 is 40.3. The SMILES string of the molecule is Cc1nc(NCCNC(=O)Nc2ccc(OC(F)(F)F)cc2)cc(Nc2ccccn2)n1. The average molecular weight is 447 g/mol. The van der Waals surface area contributed by atoms with Crippen molar-refractivity contribution in [3.8, 4) is 5.75 Å². The predicted octanol–water partition coefficient (Wildman–Crippen LogP) is 4.06. The Labute approximate surface area is 181 Å². The number of nitrogens with zero attached hydrogens (tertiary/aromatic N) is 3. The fraction of sp³-hybridized carbons (Fsp3) is 0.200. The largest absolute Gasteiger partial charge is 0.573 e. The van der Waals surface area contributed by atoms with Gasteiger partial charge in [0.1, 0.15) is 29.0 Å². The van der Waals surface area contributed by atoms with Crippen molar-refractivity contribution >= 4 is 29.2 Å². The molecule has 168 valence electrons. The van der Waals surface area contributed by atoms with Gasteiger partial charge in [0.15, 0.2) is 0 Å². The molecule has 2 amide bonds. The van der Waals surface area contributed by atoms with Gasteiger partial charge >= 0.3 is 12.4 Å². The van der Waals surface area contributed by atoms with Gasteiger partial charge in [-0.2, -0.15) is 0 Å². The summed E-state index contributed by atoms with van der Waals surface area (Å²) in [5, 5.41) is 11.3. The topological polar surface area (TPSA) is 113 Å². The summed E-state index contributed by atoms with van der Waals surface area (Å²) in [6, 6.07) is 11.5. The van der Waals surface area contributed by atoms with Crippen molar-refractivity contribution in [2.75, 3.05) is 29.0 Å². The van der Waals surface area contributed by atoms with Crippen LogP contribution in [0, 0.1) is 6.92 Å². The van der Waals surface area contributed by atoms with E-state index in [1.165, 1.54) is 12.1 Å². The molecule has 0 aliphatic carbocycles. The van der Waals surface area contributed by atoms with Crippen LogP contribution in [0.4, 0.5) is 41.1 Å². The molecule has 0 aliphatic rings. The number of pyridine rings is 1. The predicted molar refractivity (Wildman–Crippen MR) is 113 cm³/mol. The van der Waals surface area contributed by atoms with Crippen LogP contribution >= 0.6 is 0 Å². The number of hydrogen-bond acceptors (Lipinski definition) is 7. The van der Waals surface area contributed by atoms with Gasteiger partial charge in [0.2, 0.25) is 0 Å². The van der Waals surface area contributed by atoms with Crippen LogP contribution in [-0.2, 0) is 0 Å². The van der Waals surface area contributed by atoms with Crippen molar-refractivity contribution in [2.24, 2.45) is 0 Å². The molecule has 0 radical (unpaired) electrons. The number of hydrogen-bond donors (Lipinski definition) is 4. The summed E-state index contributed by atoms with van der Waals surface area (Å²) in [6.45, 7) is 2.41. The lowest BCUT2D eigenvalue weighted by molar-refractivity contribution is -0.274. The maximum Gasteiger partial charge on any atom is 0.573 e. The summed E-state index contributed by atoms with van der Waals surface area (Å²) >= 11 is 0. The van der Waals surface area contributed by atoms with E-state index in [0.29, 0.717) is 35.5 Å². The highest BCUT2D eigenvalue weighted by atomic mass is 19.4. The van der Waals surface area contributed by atoms with Gasteiger partial charge in [0.25, 0.3) is 0 Å². The maximum atomic E-state index is 12.2. The fourth-order valence-electron chi connectivity index (χ4n) is 2.57. The Bertz CT molecular complexity index is 1030. The number of nitrogens with one attached hydrogen (secondary N) is 4. The second kappa shape index (κ2) is 10.3. The van der Waals surface area contributed by atoms with Gasteiger partial charge in [-0.15, -0.1) is 13.2 Å². The molecule has 2 heterocycles. The molecule has 0 aliphatic heterocycles. The van der Waals surface area contributed by atoms with Crippen LogP contribution < -0.4 is 26.0 Å². The molecule has 0 bridgehead atoms. The molecule has 3 rings (SSSR count). The normalized spacial score (nSPS) is 10.9. The Balaban J connectivity index is 1.43. The molecule has 0 atom stereocenters. The van der Waals surface area contributed by atoms with E-state index < -0.39 is 12.4 Å². The fourth-order valence-corrected chi connectivity index (χ4v) is 2.57. The number of anilines is 4. The van der Waals surface area contributed by atoms with E-state index in [-0.39, 0.29) is 12.3 Å². The van der Waals surface area contributed by atoms with E-state index in [1.807, 2.05) is 18.2 Å². The molecule has 0 spiro atoms. The molecule has 9 nitrogen and oxygen atoms in total. The number of rotatable bonds is 8. The van der Waals surface area contributed by atoms with E-state index in [2.05, 4.69) is 41.0 Å². The zero-order valence-corrected chi connectivity index (χ0v) is 16.9. The standard InChI is InChI=1S/C20H20F3N7O2/c1-13-27-17(12-18(28-13)30-16-4-2-3-9-24-16)25-10-11-26-19(31)29-14-5-7-15(8-6-14)32-20(21,22)23/h2-9,12H,10-11H2,1H3,(H2,26,29,31)(H2,24,25,27,28,30). The number of halogens is 3. The molecule has 0 fully saturated rings. The molecule has 3 aromatic rings. The van der Waals surface area contributed by atoms with Gasteiger partial charge in [0.05, 0.1) is 0 Å². The first kappa shape index (κ1) is 22.6. The van der Waals surface area contributed by atoms with E-state index in [4.69, 9.17) is 0 Å². The number of amides is 2. The lowest BCUT2D eigenvalue weighted by atomic mass is 10.3. The van der Waals surface area contributed by atoms with Gasteiger partial charge in [-0.25, -0.2) is 19.7 Å². The quantitative estimate of drug-likeness (QED) is 0.385. The van der Waals surface area contributed by atoms with Crippen LogP contribution in [0.5, 0.6) is 5.75 Å². The average Bonchev–Trinajstić information content (AvgIpc) is 2.72. The van der Waals surface area contributed by atoms with Gasteiger partial charge < -0.3 is 26.0 Å². The molecular weight excluding hydrogens is 427 g/mol. The van der Waals surface area contributed by atoms with Crippen molar-refractivity contribution in [1.82, 2.24) is 20.3 Å². The minimum Gasteiger partial charge on any atom is -0.406 e. The van der Waals surface area contributed by atoms with Crippen LogP contribution in [-0.4, -0.2) is 40.4 Å². The van der Waals surface area contributed by atoms with Crippen molar-refractivity contribution < 1.29 is 22.7 Å². The van der Waals surface area contributed by atoms with Crippen molar-refractivity contribution in [3.05, 3.63) is 60.6 Å². The number of benzene rings is 1. The number of ether oxygens (including phenoxy) is 1. The van der Waals surface area contributed by atoms with E-state index in [1.54, 1.807) is 19.2 Å². The van der Waals surface area contributed by atoms with Gasteiger partial charge in [-0.1, -0.05) is 6.07 Å². The van der Waals surface area contributed by atoms with Crippen molar-refractivity contribution in [2.45, 2.75) is 13.3 Å². The highest BCUT2D eigenvalue weighted by Crippen LogP contribution is 2.23. The zero-order chi connectivity index (χ0) is 23.0. The van der Waals surface area contributed by atoms with Crippen molar-refractivity contribution in [1.29, 1.82) is 0 Å². The molecule has 1 aromatic carbocycles. The highest BCUT2D eigenvalue weighted by molar-refractivity contribution is 5.89. The van der Waals surface area contributed by atoms with Crippen LogP contribution in [0.1, 0.15) is 5.82 Å². The molecule has 0 saturated heterocycles. The third kappa shape index (κ3) is 7.63. The third-order valence-electron chi connectivity index (χ3n) is 3.82. The van der Waals surface area contributed by atoms with Gasteiger partial charge in [-0.05, 0) is 43.3 Å². The minimum absolute atomic E-state index is 0.271. The number of carbonyl (C=O) groups is 1. The Morgan fingerprint density at radius 1 is 1.00 bits per heavy atom. The highest BCUT2D eigenvalue weighted by Gasteiger charge is 2.30. The Morgan fingerprint density at radius 3 is 2.44 bits per heavy atom. The second-order valence-electron chi connectivity index (χ2n) is 6.41. The zero-order valence-electron chi connectivity index (χ0n) is 16.9. The second-order valence-corrected chi connectivity index (χ2v) is 6.41. The molecule has 32 heavy (non-hydrogen) atoms. The lowest BCUT2D eigenvalue weighted by Gasteiger charge is -2.12. The lowest BCUT2D eigenvalue weighted by Crippen LogP contribution is -2.32. The number of carbonyl (C=O) groups excluding carboxylic acids is 1. The van der Waals surface area contributed by atoms with Crippen molar-refractivity contribution in [3.63, 3.8) is 0 Å². The van der Waals surface area contributed by atoms with E-state index >= 15 is 0 Å². The first-order chi connectivity index (χ1) is 15.3. The summed E-state index contributed by atoms with van der Waals surface area (Å²) in [5.41, 5.74) is 0.321. The molecule has 12 heteroatoms. The first-order valence-electron chi connectivity index (χ1n) is 9.45. The Morgan fingerprint density at radius 2 is 1.75 bits per heavy atom. The van der Waals surface area contributed by atoms with Gasteiger partial charge in [0, 0.05) is 31.0 Å². The Hall–Kier alpha value is -4.09. The van der Waals surface area contributed by atoms with Crippen LogP contribution in [0.3, 0.4) is 0 Å². The number of urea groups is 1. The smallest absolute Gasteiger partial charge is 0.406 e. The summed E-state index contributed by atoms with van der Waals surface area (Å²) in [7, 11) is 0. The van der Waals surface area contributed by atoms with E-state index in [9.17, 15) is 18.0 Å². The Kier molecular flexibility index (Phi) is 7.26. The number of alkyl halides is 3. The van der Waals surface area contributed by atoms with Crippen LogP contribution in [0.2, 0.25) is 0 Å². The molecular formula is C20H20F3N7O2. The molecule has 0 saturated carbocycles. The summed E-state index contributed by atoms with van der Waals surface area (Å²) in [5.74, 6) is 1.97.